The molecule has 3 amide bonds. The van der Waals surface area contributed by atoms with Crippen LogP contribution < -0.4 is 16.0 Å². The number of anilines is 1. The SMILES string of the molecule is C[C@@H](NC(=O)NCCc1ccccn1)c1ccc2c(c1)CC(=O)N2. The van der Waals surface area contributed by atoms with Gasteiger partial charge in [-0.25, -0.2) is 4.79 Å². The number of pyridine rings is 1. The molecule has 0 radical (unpaired) electrons. The summed E-state index contributed by atoms with van der Waals surface area (Å²) in [6, 6.07) is 11.1. The first-order valence-corrected chi connectivity index (χ1v) is 7.99. The number of benzene rings is 1. The lowest BCUT2D eigenvalue weighted by Gasteiger charge is -2.16. The second-order valence-electron chi connectivity index (χ2n) is 5.83. The molecule has 3 N–H and O–H groups in total. The van der Waals surface area contributed by atoms with Crippen molar-refractivity contribution >= 4 is 17.6 Å². The maximum Gasteiger partial charge on any atom is 0.315 e. The van der Waals surface area contributed by atoms with E-state index >= 15 is 0 Å². The van der Waals surface area contributed by atoms with Crippen molar-refractivity contribution in [2.24, 2.45) is 0 Å². The van der Waals surface area contributed by atoms with Crippen LogP contribution in [0.4, 0.5) is 10.5 Å². The summed E-state index contributed by atoms with van der Waals surface area (Å²) in [5.41, 5.74) is 3.75. The number of carbonyl (C=O) groups excluding carboxylic acids is 2. The van der Waals surface area contributed by atoms with Crippen molar-refractivity contribution in [2.45, 2.75) is 25.8 Å². The molecular formula is C18H20N4O2. The van der Waals surface area contributed by atoms with Gasteiger partial charge in [0.1, 0.15) is 0 Å². The molecule has 3 rings (SSSR count). The van der Waals surface area contributed by atoms with Crippen molar-refractivity contribution in [1.82, 2.24) is 15.6 Å². The van der Waals surface area contributed by atoms with Crippen LogP contribution in [0.1, 0.15) is 29.8 Å². The van der Waals surface area contributed by atoms with E-state index in [4.69, 9.17) is 0 Å². The molecule has 2 heterocycles. The van der Waals surface area contributed by atoms with Crippen molar-refractivity contribution in [2.75, 3.05) is 11.9 Å². The first-order valence-electron chi connectivity index (χ1n) is 7.99. The van der Waals surface area contributed by atoms with Gasteiger partial charge in [0.2, 0.25) is 5.91 Å². The Balaban J connectivity index is 1.49. The highest BCUT2D eigenvalue weighted by Crippen LogP contribution is 2.26. The molecule has 0 unspecified atom stereocenters. The van der Waals surface area contributed by atoms with Gasteiger partial charge in [0.15, 0.2) is 0 Å². The highest BCUT2D eigenvalue weighted by atomic mass is 16.2. The van der Waals surface area contributed by atoms with Crippen LogP contribution in [0.15, 0.2) is 42.6 Å². The van der Waals surface area contributed by atoms with Crippen LogP contribution in [0.2, 0.25) is 0 Å². The average Bonchev–Trinajstić information content (AvgIpc) is 2.94. The Labute approximate surface area is 140 Å². The van der Waals surface area contributed by atoms with E-state index in [9.17, 15) is 9.59 Å². The largest absolute Gasteiger partial charge is 0.338 e. The van der Waals surface area contributed by atoms with E-state index in [1.807, 2.05) is 43.3 Å². The Hall–Kier alpha value is -2.89. The van der Waals surface area contributed by atoms with Gasteiger partial charge < -0.3 is 16.0 Å². The third-order valence-corrected chi connectivity index (χ3v) is 3.99. The smallest absolute Gasteiger partial charge is 0.315 e. The number of urea groups is 1. The van der Waals surface area contributed by atoms with Crippen LogP contribution in [0.3, 0.4) is 0 Å². The molecule has 24 heavy (non-hydrogen) atoms. The number of nitrogens with zero attached hydrogens (tertiary/aromatic N) is 1. The minimum atomic E-state index is -0.215. The summed E-state index contributed by atoms with van der Waals surface area (Å²) in [4.78, 5) is 27.6. The molecule has 0 saturated heterocycles. The number of nitrogens with one attached hydrogen (secondary N) is 3. The second-order valence-corrected chi connectivity index (χ2v) is 5.83. The first-order chi connectivity index (χ1) is 11.6. The van der Waals surface area contributed by atoms with Gasteiger partial charge in [-0.1, -0.05) is 18.2 Å². The normalized spacial score (nSPS) is 13.8. The van der Waals surface area contributed by atoms with Crippen molar-refractivity contribution in [3.63, 3.8) is 0 Å². The van der Waals surface area contributed by atoms with Crippen molar-refractivity contribution in [3.8, 4) is 0 Å². The predicted octanol–water partition coefficient (Wildman–Crippen LogP) is 2.18. The summed E-state index contributed by atoms with van der Waals surface area (Å²) in [5, 5.41) is 8.55. The maximum atomic E-state index is 12.0. The monoisotopic (exact) mass is 324 g/mol. The van der Waals surface area contributed by atoms with Gasteiger partial charge in [0.05, 0.1) is 12.5 Å². The fourth-order valence-electron chi connectivity index (χ4n) is 2.70. The van der Waals surface area contributed by atoms with Crippen molar-refractivity contribution in [3.05, 3.63) is 59.4 Å². The fourth-order valence-corrected chi connectivity index (χ4v) is 2.70. The third kappa shape index (κ3) is 3.90. The predicted molar refractivity (Wildman–Crippen MR) is 91.7 cm³/mol. The molecule has 1 aliphatic rings. The van der Waals surface area contributed by atoms with Gasteiger partial charge in [-0.2, -0.15) is 0 Å². The molecule has 124 valence electrons. The van der Waals surface area contributed by atoms with Gasteiger partial charge in [-0.15, -0.1) is 0 Å². The minimum absolute atomic E-state index is 0.00928. The van der Waals surface area contributed by atoms with E-state index in [0.717, 1.165) is 22.5 Å². The quantitative estimate of drug-likeness (QED) is 0.788. The van der Waals surface area contributed by atoms with Crippen LogP contribution in [-0.2, 0) is 17.6 Å². The Morgan fingerprint density at radius 1 is 1.33 bits per heavy atom. The van der Waals surface area contributed by atoms with Crippen LogP contribution in [0.5, 0.6) is 0 Å². The second kappa shape index (κ2) is 7.12. The topological polar surface area (TPSA) is 83.1 Å². The van der Waals surface area contributed by atoms with Crippen molar-refractivity contribution < 1.29 is 9.59 Å². The van der Waals surface area contributed by atoms with Gasteiger partial charge in [0.25, 0.3) is 0 Å². The van der Waals surface area contributed by atoms with E-state index in [0.29, 0.717) is 19.4 Å². The molecule has 1 aliphatic heterocycles. The van der Waals surface area contributed by atoms with E-state index < -0.39 is 0 Å². The van der Waals surface area contributed by atoms with Gasteiger partial charge in [-0.3, -0.25) is 9.78 Å². The summed E-state index contributed by atoms with van der Waals surface area (Å²) >= 11 is 0. The van der Waals surface area contributed by atoms with E-state index in [2.05, 4.69) is 20.9 Å². The molecule has 0 bridgehead atoms. The number of rotatable bonds is 5. The standard InChI is InChI=1S/C18H20N4O2/c1-12(13-5-6-16-14(10-13)11-17(23)22-16)21-18(24)20-9-7-15-4-2-3-8-19-15/h2-6,8,10,12H,7,9,11H2,1H3,(H,22,23)(H2,20,21,24)/t12-/m1/s1. The molecule has 1 aromatic heterocycles. The number of hydrogen-bond donors (Lipinski definition) is 3. The third-order valence-electron chi connectivity index (χ3n) is 3.99. The lowest BCUT2D eigenvalue weighted by atomic mass is 10.0. The molecule has 6 heteroatoms. The zero-order valence-electron chi connectivity index (χ0n) is 13.5. The highest BCUT2D eigenvalue weighted by Gasteiger charge is 2.19. The Kier molecular flexibility index (Phi) is 4.74. The molecule has 0 aliphatic carbocycles. The van der Waals surface area contributed by atoms with E-state index in [-0.39, 0.29) is 18.0 Å². The maximum absolute atomic E-state index is 12.0. The lowest BCUT2D eigenvalue weighted by molar-refractivity contribution is -0.115. The average molecular weight is 324 g/mol. The Morgan fingerprint density at radius 2 is 2.21 bits per heavy atom. The zero-order valence-corrected chi connectivity index (χ0v) is 13.5. The summed E-state index contributed by atoms with van der Waals surface area (Å²) in [6.45, 7) is 2.45. The van der Waals surface area contributed by atoms with E-state index in [1.54, 1.807) is 6.20 Å². The Morgan fingerprint density at radius 3 is 3.00 bits per heavy atom. The number of amides is 3. The molecule has 2 aromatic rings. The molecular weight excluding hydrogens is 304 g/mol. The van der Waals surface area contributed by atoms with Crippen LogP contribution >= 0.6 is 0 Å². The van der Waals surface area contributed by atoms with Gasteiger partial charge in [0, 0.05) is 30.5 Å². The molecule has 1 atom stereocenters. The molecule has 6 nitrogen and oxygen atoms in total. The van der Waals surface area contributed by atoms with Crippen LogP contribution in [-0.4, -0.2) is 23.5 Å². The fraction of sp³-hybridized carbons (Fsp3) is 0.278. The van der Waals surface area contributed by atoms with Gasteiger partial charge in [-0.05, 0) is 36.2 Å². The summed E-state index contributed by atoms with van der Waals surface area (Å²) in [7, 11) is 0. The Bertz CT molecular complexity index is 746. The minimum Gasteiger partial charge on any atom is -0.338 e. The molecule has 0 fully saturated rings. The highest BCUT2D eigenvalue weighted by molar-refractivity contribution is 5.99. The number of hydrogen-bond acceptors (Lipinski definition) is 3. The summed E-state index contributed by atoms with van der Waals surface area (Å²) in [5.74, 6) is 0.00928. The number of aromatic nitrogens is 1. The molecule has 0 spiro atoms. The van der Waals surface area contributed by atoms with Gasteiger partial charge >= 0.3 is 6.03 Å². The number of fused-ring (bicyclic) bond motifs is 1. The summed E-state index contributed by atoms with van der Waals surface area (Å²) < 4.78 is 0. The molecule has 0 saturated carbocycles. The lowest BCUT2D eigenvalue weighted by Crippen LogP contribution is -2.38. The van der Waals surface area contributed by atoms with Crippen LogP contribution in [0, 0.1) is 0 Å². The van der Waals surface area contributed by atoms with E-state index in [1.165, 1.54) is 0 Å². The number of carbonyl (C=O) groups is 2. The first kappa shape index (κ1) is 16.0. The molecule has 1 aromatic carbocycles. The summed E-state index contributed by atoms with van der Waals surface area (Å²) in [6.07, 6.45) is 2.83. The van der Waals surface area contributed by atoms with Crippen LogP contribution in [0.25, 0.3) is 0 Å². The van der Waals surface area contributed by atoms with Crippen molar-refractivity contribution in [1.29, 1.82) is 0 Å². The zero-order chi connectivity index (χ0) is 16.9.